The molecule has 2 aromatic carbocycles. The average molecular weight is 475 g/mol. The van der Waals surface area contributed by atoms with Gasteiger partial charge in [0.25, 0.3) is 0 Å². The molecule has 1 saturated heterocycles. The van der Waals surface area contributed by atoms with Crippen molar-refractivity contribution in [3.8, 4) is 0 Å². The highest BCUT2D eigenvalue weighted by molar-refractivity contribution is 6.33. The van der Waals surface area contributed by atoms with Crippen LogP contribution in [0.4, 0.5) is 10.7 Å². The number of rotatable bonds is 4. The van der Waals surface area contributed by atoms with Crippen molar-refractivity contribution in [2.24, 2.45) is 0 Å². The number of amides is 1. The number of carbonyl (C=O) groups is 1. The molecule has 1 aromatic heterocycles. The van der Waals surface area contributed by atoms with E-state index >= 15 is 0 Å². The van der Waals surface area contributed by atoms with Gasteiger partial charge in [0.1, 0.15) is 5.60 Å². The van der Waals surface area contributed by atoms with Gasteiger partial charge in [0.05, 0.1) is 17.6 Å². The number of benzene rings is 2. The second-order valence-electron chi connectivity index (χ2n) is 9.13. The van der Waals surface area contributed by atoms with Gasteiger partial charge in [-0.15, -0.1) is 0 Å². The molecule has 0 bridgehead atoms. The maximum absolute atomic E-state index is 12.4. The minimum atomic E-state index is -0.487. The molecular weight excluding hydrogens is 447 g/mol. The Labute approximate surface area is 198 Å². The van der Waals surface area contributed by atoms with Crippen LogP contribution >= 0.6 is 23.2 Å². The minimum Gasteiger partial charge on any atom is -0.444 e. The summed E-state index contributed by atoms with van der Waals surface area (Å²) >= 11 is 12.6. The highest BCUT2D eigenvalue weighted by Crippen LogP contribution is 2.27. The molecule has 2 heterocycles. The molecule has 1 fully saturated rings. The third-order valence-electron chi connectivity index (χ3n) is 5.47. The fourth-order valence-corrected chi connectivity index (χ4v) is 4.27. The van der Waals surface area contributed by atoms with Crippen molar-refractivity contribution in [2.75, 3.05) is 18.4 Å². The lowest BCUT2D eigenvalue weighted by Crippen LogP contribution is -2.44. The van der Waals surface area contributed by atoms with E-state index in [1.54, 1.807) is 11.0 Å². The summed E-state index contributed by atoms with van der Waals surface area (Å²) < 4.78 is 7.64. The number of anilines is 1. The van der Waals surface area contributed by atoms with Crippen LogP contribution in [0.2, 0.25) is 10.0 Å². The molecule has 0 spiro atoms. The highest BCUT2D eigenvalue weighted by Gasteiger charge is 2.27. The summed E-state index contributed by atoms with van der Waals surface area (Å²) in [5.41, 5.74) is 2.39. The Bertz CT molecular complexity index is 1110. The van der Waals surface area contributed by atoms with Crippen molar-refractivity contribution >= 4 is 46.3 Å². The number of likely N-dealkylation sites (tertiary alicyclic amines) is 1. The third kappa shape index (κ3) is 5.30. The number of piperidine rings is 1. The van der Waals surface area contributed by atoms with E-state index in [1.807, 2.05) is 51.1 Å². The van der Waals surface area contributed by atoms with E-state index in [-0.39, 0.29) is 12.1 Å². The van der Waals surface area contributed by atoms with Crippen molar-refractivity contribution < 1.29 is 9.53 Å². The SMILES string of the molecule is CC(C)(C)OC(=O)N1CCC(Nc2nc3ccccc3n2Cc2cc(Cl)ccc2Cl)CC1. The lowest BCUT2D eigenvalue weighted by molar-refractivity contribution is 0.0210. The molecular formula is C24H28Cl2N4O2. The van der Waals surface area contributed by atoms with E-state index in [9.17, 15) is 4.79 Å². The van der Waals surface area contributed by atoms with Gasteiger partial charge in [-0.25, -0.2) is 9.78 Å². The Hall–Kier alpha value is -2.44. The van der Waals surface area contributed by atoms with Crippen LogP contribution in [-0.2, 0) is 11.3 Å². The molecule has 0 radical (unpaired) electrons. The number of imidazole rings is 1. The number of ether oxygens (including phenoxy) is 1. The number of hydrogen-bond donors (Lipinski definition) is 1. The van der Waals surface area contributed by atoms with Gasteiger partial charge in [-0.3, -0.25) is 0 Å². The zero-order chi connectivity index (χ0) is 22.9. The lowest BCUT2D eigenvalue weighted by atomic mass is 10.1. The third-order valence-corrected chi connectivity index (χ3v) is 6.07. The van der Waals surface area contributed by atoms with Gasteiger partial charge in [0, 0.05) is 29.2 Å². The van der Waals surface area contributed by atoms with Crippen molar-refractivity contribution in [1.29, 1.82) is 0 Å². The largest absolute Gasteiger partial charge is 0.444 e. The molecule has 1 aliphatic heterocycles. The maximum Gasteiger partial charge on any atom is 0.410 e. The van der Waals surface area contributed by atoms with Crippen LogP contribution in [0, 0.1) is 0 Å². The smallest absolute Gasteiger partial charge is 0.410 e. The predicted molar refractivity (Wildman–Crippen MR) is 130 cm³/mol. The lowest BCUT2D eigenvalue weighted by Gasteiger charge is -2.34. The summed E-state index contributed by atoms with van der Waals surface area (Å²) in [5, 5.41) is 4.92. The topological polar surface area (TPSA) is 59.4 Å². The number of para-hydroxylation sites is 2. The van der Waals surface area contributed by atoms with E-state index in [4.69, 9.17) is 32.9 Å². The molecule has 32 heavy (non-hydrogen) atoms. The van der Waals surface area contributed by atoms with Gasteiger partial charge >= 0.3 is 6.09 Å². The van der Waals surface area contributed by atoms with Gasteiger partial charge in [0.15, 0.2) is 0 Å². The molecule has 4 rings (SSSR count). The van der Waals surface area contributed by atoms with E-state index in [0.29, 0.717) is 29.7 Å². The van der Waals surface area contributed by atoms with Crippen molar-refractivity contribution in [3.05, 3.63) is 58.1 Å². The Kier molecular flexibility index (Phi) is 6.54. The fraction of sp³-hybridized carbons (Fsp3) is 0.417. The number of aromatic nitrogens is 2. The minimum absolute atomic E-state index is 0.207. The monoisotopic (exact) mass is 474 g/mol. The number of nitrogens with one attached hydrogen (secondary N) is 1. The quantitative estimate of drug-likeness (QED) is 0.488. The van der Waals surface area contributed by atoms with Crippen LogP contribution in [0.1, 0.15) is 39.2 Å². The number of halogens is 2. The first-order valence-corrected chi connectivity index (χ1v) is 11.6. The van der Waals surface area contributed by atoms with Crippen LogP contribution in [0.25, 0.3) is 11.0 Å². The summed E-state index contributed by atoms with van der Waals surface area (Å²) in [6, 6.07) is 13.7. The second kappa shape index (κ2) is 9.20. The normalized spacial score (nSPS) is 15.2. The molecule has 1 aliphatic rings. The van der Waals surface area contributed by atoms with E-state index in [2.05, 4.69) is 16.0 Å². The Morgan fingerprint density at radius 3 is 2.59 bits per heavy atom. The van der Waals surface area contributed by atoms with Crippen molar-refractivity contribution in [3.63, 3.8) is 0 Å². The van der Waals surface area contributed by atoms with Crippen LogP contribution in [0.3, 0.4) is 0 Å². The number of fused-ring (bicyclic) bond motifs is 1. The fourth-order valence-electron chi connectivity index (χ4n) is 3.90. The summed E-state index contributed by atoms with van der Waals surface area (Å²) in [6.45, 7) is 7.50. The zero-order valence-electron chi connectivity index (χ0n) is 18.6. The molecule has 0 unspecified atom stereocenters. The average Bonchev–Trinajstić information content (AvgIpc) is 3.07. The summed E-state index contributed by atoms with van der Waals surface area (Å²) in [6.07, 6.45) is 1.39. The highest BCUT2D eigenvalue weighted by atomic mass is 35.5. The first kappa shape index (κ1) is 22.7. The second-order valence-corrected chi connectivity index (χ2v) is 9.98. The van der Waals surface area contributed by atoms with Crippen LogP contribution in [-0.4, -0.2) is 45.3 Å². The van der Waals surface area contributed by atoms with Crippen LogP contribution in [0.15, 0.2) is 42.5 Å². The van der Waals surface area contributed by atoms with E-state index in [0.717, 1.165) is 35.4 Å². The Morgan fingerprint density at radius 1 is 1.16 bits per heavy atom. The van der Waals surface area contributed by atoms with E-state index < -0.39 is 5.60 Å². The molecule has 1 N–H and O–H groups in total. The Balaban J connectivity index is 1.51. The first-order valence-electron chi connectivity index (χ1n) is 10.8. The molecule has 0 saturated carbocycles. The molecule has 8 heteroatoms. The standard InChI is InChI=1S/C24H28Cl2N4O2/c1-24(2,3)32-23(31)29-12-10-18(11-13-29)27-22-28-20-6-4-5-7-21(20)30(22)15-16-14-17(25)8-9-19(16)26/h4-9,14,18H,10-13,15H2,1-3H3,(H,27,28). The summed E-state index contributed by atoms with van der Waals surface area (Å²) in [5.74, 6) is 0.790. The predicted octanol–water partition coefficient (Wildman–Crippen LogP) is 6.20. The van der Waals surface area contributed by atoms with Crippen LogP contribution in [0.5, 0.6) is 0 Å². The van der Waals surface area contributed by atoms with Gasteiger partial charge in [-0.05, 0) is 69.5 Å². The van der Waals surface area contributed by atoms with Crippen molar-refractivity contribution in [2.45, 2.75) is 51.8 Å². The Morgan fingerprint density at radius 2 is 1.88 bits per heavy atom. The molecule has 0 aliphatic carbocycles. The molecule has 3 aromatic rings. The van der Waals surface area contributed by atoms with Gasteiger partial charge in [0.2, 0.25) is 5.95 Å². The van der Waals surface area contributed by atoms with Gasteiger partial charge in [-0.1, -0.05) is 35.3 Å². The molecule has 170 valence electrons. The van der Waals surface area contributed by atoms with E-state index in [1.165, 1.54) is 0 Å². The first-order chi connectivity index (χ1) is 15.2. The van der Waals surface area contributed by atoms with Gasteiger partial charge in [-0.2, -0.15) is 0 Å². The van der Waals surface area contributed by atoms with Gasteiger partial charge < -0.3 is 19.5 Å². The summed E-state index contributed by atoms with van der Waals surface area (Å²) in [7, 11) is 0. The maximum atomic E-state index is 12.4. The number of carbonyl (C=O) groups excluding carboxylic acids is 1. The molecule has 0 atom stereocenters. The number of hydrogen-bond acceptors (Lipinski definition) is 4. The van der Waals surface area contributed by atoms with Crippen molar-refractivity contribution in [1.82, 2.24) is 14.5 Å². The molecule has 1 amide bonds. The molecule has 6 nitrogen and oxygen atoms in total. The summed E-state index contributed by atoms with van der Waals surface area (Å²) in [4.78, 5) is 19.0. The number of nitrogens with zero attached hydrogens (tertiary/aromatic N) is 3. The van der Waals surface area contributed by atoms with Crippen LogP contribution < -0.4 is 5.32 Å². The zero-order valence-corrected chi connectivity index (χ0v) is 20.1.